The van der Waals surface area contributed by atoms with Crippen LogP contribution in [-0.4, -0.2) is 26.1 Å². The highest BCUT2D eigenvalue weighted by molar-refractivity contribution is 7.81. The van der Waals surface area contributed by atoms with E-state index in [4.69, 9.17) is 5.11 Å². The lowest BCUT2D eigenvalue weighted by Crippen LogP contribution is -2.18. The van der Waals surface area contributed by atoms with E-state index in [0.29, 0.717) is 6.42 Å². The molecule has 1 atom stereocenters. The van der Waals surface area contributed by atoms with Gasteiger partial charge in [0.1, 0.15) is 5.25 Å². The summed E-state index contributed by atoms with van der Waals surface area (Å²) in [6, 6.07) is 1.84. The number of hydrogen-bond donors (Lipinski definition) is 2. The summed E-state index contributed by atoms with van der Waals surface area (Å²) in [5.41, 5.74) is 0.925. The second-order valence-electron chi connectivity index (χ2n) is 3.10. The van der Waals surface area contributed by atoms with Crippen molar-refractivity contribution in [3.8, 4) is 0 Å². The summed E-state index contributed by atoms with van der Waals surface area (Å²) in [5.74, 6) is -0.891. The zero-order chi connectivity index (χ0) is 10.6. The molecule has 0 radical (unpaired) electrons. The zero-order valence-electron chi connectivity index (χ0n) is 8.05. The van der Waals surface area contributed by atoms with Crippen LogP contribution in [0.1, 0.15) is 19.0 Å². The molecule has 0 spiro atoms. The van der Waals surface area contributed by atoms with Gasteiger partial charge in [0.15, 0.2) is 0 Å². The third kappa shape index (κ3) is 2.77. The zero-order valence-corrected chi connectivity index (χ0v) is 8.94. The Morgan fingerprint density at radius 1 is 1.79 bits per heavy atom. The Bertz CT molecular complexity index is 312. The Kier molecular flexibility index (Phi) is 4.00. The van der Waals surface area contributed by atoms with Crippen molar-refractivity contribution in [3.05, 3.63) is 18.0 Å². The predicted octanol–water partition coefficient (Wildman–Crippen LogP) is 1.22. The third-order valence-corrected chi connectivity index (χ3v) is 2.33. The average Bonchev–Trinajstić information content (AvgIpc) is 2.53. The minimum absolute atomic E-state index is 0.415. The molecule has 0 amide bonds. The van der Waals surface area contributed by atoms with Crippen LogP contribution in [-0.2, 0) is 17.8 Å². The van der Waals surface area contributed by atoms with Crippen molar-refractivity contribution in [2.45, 2.75) is 31.6 Å². The van der Waals surface area contributed by atoms with Gasteiger partial charge in [-0.2, -0.15) is 17.7 Å². The van der Waals surface area contributed by atoms with Crippen molar-refractivity contribution < 1.29 is 9.90 Å². The first-order valence-electron chi connectivity index (χ1n) is 4.56. The van der Waals surface area contributed by atoms with E-state index in [-0.39, 0.29) is 0 Å². The monoisotopic (exact) mass is 214 g/mol. The number of nitrogens with zero attached hydrogens (tertiary/aromatic N) is 2. The van der Waals surface area contributed by atoms with E-state index in [0.717, 1.165) is 18.7 Å². The molecular formula is C9H14N2O2S. The van der Waals surface area contributed by atoms with Crippen LogP contribution in [0.25, 0.3) is 0 Å². The molecule has 78 valence electrons. The number of hydrogen-bond acceptors (Lipinski definition) is 3. The van der Waals surface area contributed by atoms with E-state index in [9.17, 15) is 4.79 Å². The van der Waals surface area contributed by atoms with Gasteiger partial charge in [0.25, 0.3) is 0 Å². The lowest BCUT2D eigenvalue weighted by Gasteiger charge is -2.08. The predicted molar refractivity (Wildman–Crippen MR) is 56.6 cm³/mol. The SMILES string of the molecule is CCCn1nccc1CC(S)C(=O)O. The molecular weight excluding hydrogens is 200 g/mol. The van der Waals surface area contributed by atoms with E-state index in [2.05, 4.69) is 24.7 Å². The largest absolute Gasteiger partial charge is 0.480 e. The highest BCUT2D eigenvalue weighted by atomic mass is 32.1. The van der Waals surface area contributed by atoms with Gasteiger partial charge >= 0.3 is 5.97 Å². The van der Waals surface area contributed by atoms with Crippen LogP contribution in [0.2, 0.25) is 0 Å². The molecule has 5 heteroatoms. The molecule has 4 nitrogen and oxygen atoms in total. The van der Waals surface area contributed by atoms with Crippen LogP contribution >= 0.6 is 12.6 Å². The van der Waals surface area contributed by atoms with Gasteiger partial charge in [0, 0.05) is 24.9 Å². The Morgan fingerprint density at radius 2 is 2.50 bits per heavy atom. The molecule has 0 aliphatic carbocycles. The van der Waals surface area contributed by atoms with E-state index in [1.54, 1.807) is 6.20 Å². The summed E-state index contributed by atoms with van der Waals surface area (Å²) < 4.78 is 1.83. The number of carboxylic acids is 1. The van der Waals surface area contributed by atoms with Gasteiger partial charge in [-0.05, 0) is 12.5 Å². The molecule has 0 aromatic carbocycles. The maximum absolute atomic E-state index is 10.6. The van der Waals surface area contributed by atoms with Crippen molar-refractivity contribution in [1.29, 1.82) is 0 Å². The number of aryl methyl sites for hydroxylation is 1. The fourth-order valence-electron chi connectivity index (χ4n) is 1.23. The van der Waals surface area contributed by atoms with Crippen molar-refractivity contribution >= 4 is 18.6 Å². The van der Waals surface area contributed by atoms with Crippen molar-refractivity contribution in [2.24, 2.45) is 0 Å². The first-order chi connectivity index (χ1) is 6.65. The highest BCUT2D eigenvalue weighted by Gasteiger charge is 2.14. The molecule has 1 rings (SSSR count). The Labute approximate surface area is 88.3 Å². The average molecular weight is 214 g/mol. The summed E-state index contributed by atoms with van der Waals surface area (Å²) in [4.78, 5) is 10.6. The Hall–Kier alpha value is -0.970. The molecule has 1 N–H and O–H groups in total. The molecule has 1 aromatic heterocycles. The minimum Gasteiger partial charge on any atom is -0.480 e. The molecule has 0 aliphatic heterocycles. The van der Waals surface area contributed by atoms with Crippen LogP contribution < -0.4 is 0 Å². The Morgan fingerprint density at radius 3 is 3.07 bits per heavy atom. The maximum Gasteiger partial charge on any atom is 0.316 e. The summed E-state index contributed by atoms with van der Waals surface area (Å²) in [6.45, 7) is 2.88. The molecule has 0 aliphatic rings. The number of carbonyl (C=O) groups is 1. The van der Waals surface area contributed by atoms with E-state index in [1.807, 2.05) is 10.7 Å². The summed E-state index contributed by atoms with van der Waals surface area (Å²) >= 11 is 3.99. The first kappa shape index (κ1) is 11.1. The van der Waals surface area contributed by atoms with Crippen LogP contribution in [0, 0.1) is 0 Å². The standard InChI is InChI=1S/C9H14N2O2S/c1-2-5-11-7(3-4-10-11)6-8(14)9(12)13/h3-4,8,14H,2,5-6H2,1H3,(H,12,13). The van der Waals surface area contributed by atoms with Gasteiger partial charge in [0.05, 0.1) is 0 Å². The van der Waals surface area contributed by atoms with Gasteiger partial charge in [-0.15, -0.1) is 0 Å². The summed E-state index contributed by atoms with van der Waals surface area (Å²) in [6.07, 6.45) is 3.09. The summed E-state index contributed by atoms with van der Waals surface area (Å²) in [7, 11) is 0. The molecule has 1 heterocycles. The minimum atomic E-state index is -0.891. The second kappa shape index (κ2) is 5.05. The van der Waals surface area contributed by atoms with Gasteiger partial charge in [-0.3, -0.25) is 9.48 Å². The third-order valence-electron chi connectivity index (χ3n) is 1.93. The molecule has 0 fully saturated rings. The highest BCUT2D eigenvalue weighted by Crippen LogP contribution is 2.08. The van der Waals surface area contributed by atoms with Crippen LogP contribution in [0.15, 0.2) is 12.3 Å². The number of thiol groups is 1. The van der Waals surface area contributed by atoms with Gasteiger partial charge in [0.2, 0.25) is 0 Å². The summed E-state index contributed by atoms with van der Waals surface area (Å²) in [5, 5.41) is 12.2. The van der Waals surface area contributed by atoms with E-state index >= 15 is 0 Å². The Balaban J connectivity index is 2.66. The fraction of sp³-hybridized carbons (Fsp3) is 0.556. The normalized spacial score (nSPS) is 12.7. The van der Waals surface area contributed by atoms with E-state index in [1.165, 1.54) is 0 Å². The van der Waals surface area contributed by atoms with Gasteiger partial charge in [-0.1, -0.05) is 6.92 Å². The number of aromatic nitrogens is 2. The molecule has 0 saturated carbocycles. The second-order valence-corrected chi connectivity index (χ2v) is 3.73. The topological polar surface area (TPSA) is 55.1 Å². The molecule has 1 unspecified atom stereocenters. The number of carboxylic acid groups (broad SMARTS) is 1. The fourth-order valence-corrected chi connectivity index (χ4v) is 1.42. The van der Waals surface area contributed by atoms with Crippen molar-refractivity contribution in [2.75, 3.05) is 0 Å². The maximum atomic E-state index is 10.6. The molecule has 0 bridgehead atoms. The van der Waals surface area contributed by atoms with Gasteiger partial charge in [-0.25, -0.2) is 0 Å². The van der Waals surface area contributed by atoms with Crippen LogP contribution in [0.3, 0.4) is 0 Å². The molecule has 0 saturated heterocycles. The molecule has 14 heavy (non-hydrogen) atoms. The molecule has 1 aromatic rings. The smallest absolute Gasteiger partial charge is 0.316 e. The van der Waals surface area contributed by atoms with Crippen molar-refractivity contribution in [3.63, 3.8) is 0 Å². The van der Waals surface area contributed by atoms with Crippen LogP contribution in [0.4, 0.5) is 0 Å². The quantitative estimate of drug-likeness (QED) is 0.725. The van der Waals surface area contributed by atoms with E-state index < -0.39 is 11.2 Å². The van der Waals surface area contributed by atoms with Crippen LogP contribution in [0.5, 0.6) is 0 Å². The van der Waals surface area contributed by atoms with Gasteiger partial charge < -0.3 is 5.11 Å². The first-order valence-corrected chi connectivity index (χ1v) is 5.08. The van der Waals surface area contributed by atoms with Crippen molar-refractivity contribution in [1.82, 2.24) is 9.78 Å². The lowest BCUT2D eigenvalue weighted by molar-refractivity contribution is -0.136. The number of rotatable bonds is 5. The lowest BCUT2D eigenvalue weighted by atomic mass is 10.2. The number of aliphatic carboxylic acids is 1.